The second kappa shape index (κ2) is 9.65. The zero-order valence-electron chi connectivity index (χ0n) is 17.2. The first-order valence-corrected chi connectivity index (χ1v) is 9.49. The van der Waals surface area contributed by atoms with Crippen molar-refractivity contribution in [1.29, 1.82) is 0 Å². The molecule has 0 radical (unpaired) electrons. The molecule has 0 aromatic heterocycles. The van der Waals surface area contributed by atoms with Gasteiger partial charge in [-0.3, -0.25) is 9.79 Å². The molecule has 2 amide bonds. The number of benzene rings is 1. The van der Waals surface area contributed by atoms with Crippen molar-refractivity contribution in [1.82, 2.24) is 4.90 Å². The zero-order chi connectivity index (χ0) is 21.6. The molecule has 8 nitrogen and oxygen atoms in total. The van der Waals surface area contributed by atoms with E-state index in [1.807, 2.05) is 30.3 Å². The topological polar surface area (TPSA) is 106 Å². The van der Waals surface area contributed by atoms with E-state index in [-0.39, 0.29) is 19.4 Å². The number of hydrogen-bond acceptors (Lipinski definition) is 7. The summed E-state index contributed by atoms with van der Waals surface area (Å²) in [6, 6.07) is 7.83. The minimum absolute atomic E-state index is 0.131. The smallest absolute Gasteiger partial charge is 0.417 e. The van der Waals surface area contributed by atoms with Crippen LogP contribution in [0.3, 0.4) is 0 Å². The predicted molar refractivity (Wildman–Crippen MR) is 106 cm³/mol. The molecule has 1 heterocycles. The summed E-state index contributed by atoms with van der Waals surface area (Å²) >= 11 is 0. The Morgan fingerprint density at radius 2 is 1.97 bits per heavy atom. The molecule has 2 rings (SSSR count). The fourth-order valence-electron chi connectivity index (χ4n) is 3.12. The van der Waals surface area contributed by atoms with Crippen molar-refractivity contribution in [2.24, 2.45) is 10.9 Å². The van der Waals surface area contributed by atoms with Crippen molar-refractivity contribution >= 4 is 24.2 Å². The molecule has 0 saturated carbocycles. The van der Waals surface area contributed by atoms with Crippen LogP contribution in [0, 0.1) is 5.92 Å². The van der Waals surface area contributed by atoms with E-state index in [1.54, 1.807) is 27.0 Å². The van der Waals surface area contributed by atoms with Crippen LogP contribution in [0.25, 0.3) is 0 Å². The molecule has 0 unspecified atom stereocenters. The molecule has 0 bridgehead atoms. The first-order valence-electron chi connectivity index (χ1n) is 9.49. The van der Waals surface area contributed by atoms with Gasteiger partial charge in [0.05, 0.1) is 19.8 Å². The maximum absolute atomic E-state index is 12.8. The molecule has 1 aliphatic rings. The molecule has 1 aromatic carbocycles. The maximum atomic E-state index is 12.8. The second-order valence-corrected chi connectivity index (χ2v) is 7.84. The molecule has 1 aromatic rings. The number of carbonyl (C=O) groups is 3. The van der Waals surface area contributed by atoms with E-state index in [9.17, 15) is 19.5 Å². The number of hydrogen-bond donors (Lipinski definition) is 1. The summed E-state index contributed by atoms with van der Waals surface area (Å²) in [7, 11) is 1.21. The lowest BCUT2D eigenvalue weighted by molar-refractivity contribution is -0.148. The first kappa shape index (κ1) is 22.5. The lowest BCUT2D eigenvalue weighted by Crippen LogP contribution is -2.46. The monoisotopic (exact) mass is 404 g/mol. The van der Waals surface area contributed by atoms with E-state index in [0.29, 0.717) is 0 Å². The van der Waals surface area contributed by atoms with Gasteiger partial charge in [-0.2, -0.15) is 0 Å². The average Bonchev–Trinajstić information content (AvgIpc) is 3.00. The lowest BCUT2D eigenvalue weighted by Gasteiger charge is -2.26. The highest BCUT2D eigenvalue weighted by molar-refractivity contribution is 6.01. The Morgan fingerprint density at radius 1 is 1.31 bits per heavy atom. The van der Waals surface area contributed by atoms with Crippen molar-refractivity contribution < 1.29 is 29.0 Å². The third-order valence-electron chi connectivity index (χ3n) is 4.50. The lowest BCUT2D eigenvalue weighted by atomic mass is 10.0. The average molecular weight is 404 g/mol. The normalized spacial score (nSPS) is 20.7. The third-order valence-corrected chi connectivity index (χ3v) is 4.50. The minimum Gasteiger partial charge on any atom is -0.467 e. The number of rotatable bonds is 6. The van der Waals surface area contributed by atoms with Gasteiger partial charge >= 0.3 is 12.1 Å². The van der Waals surface area contributed by atoms with Gasteiger partial charge in [0.1, 0.15) is 11.6 Å². The standard InChI is InChI=1S/C21H28N2O6/c1-21(2,3)29-20(27)23-17(19(26)28-4)12-15(18(23)25)10-11-22-16(13-24)14-8-6-5-7-9-14/h5-9,11,15-17,24H,10,12-13H2,1-4H3/t15-,16+,17+/m1/s1. The number of nitrogens with zero attached hydrogens (tertiary/aromatic N) is 2. The van der Waals surface area contributed by atoms with Gasteiger partial charge in [-0.1, -0.05) is 30.3 Å². The van der Waals surface area contributed by atoms with Crippen molar-refractivity contribution in [3.05, 3.63) is 35.9 Å². The van der Waals surface area contributed by atoms with Crippen LogP contribution in [-0.2, 0) is 19.1 Å². The summed E-state index contributed by atoms with van der Waals surface area (Å²) in [5.74, 6) is -1.77. The van der Waals surface area contributed by atoms with Gasteiger partial charge in [0.25, 0.3) is 0 Å². The highest BCUT2D eigenvalue weighted by Gasteiger charge is 2.48. The first-order chi connectivity index (χ1) is 13.7. The number of aliphatic imine (C=N–C) groups is 1. The van der Waals surface area contributed by atoms with Crippen LogP contribution in [0.1, 0.15) is 45.2 Å². The van der Waals surface area contributed by atoms with E-state index in [2.05, 4.69) is 4.99 Å². The molecule has 1 N–H and O–H groups in total. The Bertz CT molecular complexity index is 756. The molecule has 0 aliphatic carbocycles. The molecule has 0 spiro atoms. The summed E-state index contributed by atoms with van der Waals surface area (Å²) in [5.41, 5.74) is 0.0496. The highest BCUT2D eigenvalue weighted by Crippen LogP contribution is 2.29. The van der Waals surface area contributed by atoms with Gasteiger partial charge in [0.15, 0.2) is 0 Å². The number of carbonyl (C=O) groups excluding carboxylic acids is 3. The third kappa shape index (κ3) is 5.87. The fraction of sp³-hybridized carbons (Fsp3) is 0.524. The highest BCUT2D eigenvalue weighted by atomic mass is 16.6. The fourth-order valence-corrected chi connectivity index (χ4v) is 3.12. The molecule has 158 valence electrons. The van der Waals surface area contributed by atoms with Gasteiger partial charge in [0, 0.05) is 12.1 Å². The van der Waals surface area contributed by atoms with E-state index in [1.165, 1.54) is 7.11 Å². The largest absolute Gasteiger partial charge is 0.467 e. The molecular formula is C21H28N2O6. The van der Waals surface area contributed by atoms with Crippen LogP contribution in [0.2, 0.25) is 0 Å². The van der Waals surface area contributed by atoms with Crippen LogP contribution in [0.4, 0.5) is 4.79 Å². The molecule has 3 atom stereocenters. The van der Waals surface area contributed by atoms with Crippen molar-refractivity contribution in [2.75, 3.05) is 13.7 Å². The van der Waals surface area contributed by atoms with E-state index in [0.717, 1.165) is 10.5 Å². The molecule has 8 heteroatoms. The van der Waals surface area contributed by atoms with Gasteiger partial charge in [-0.15, -0.1) is 0 Å². The molecule has 1 saturated heterocycles. The number of methoxy groups -OCH3 is 1. The van der Waals surface area contributed by atoms with Crippen LogP contribution in [0.15, 0.2) is 35.3 Å². The number of likely N-dealkylation sites (tertiary alicyclic amines) is 1. The van der Waals surface area contributed by atoms with Crippen LogP contribution < -0.4 is 0 Å². The number of aliphatic hydroxyl groups is 1. The summed E-state index contributed by atoms with van der Waals surface area (Å²) in [6.07, 6.45) is 1.06. The van der Waals surface area contributed by atoms with Gasteiger partial charge in [-0.05, 0) is 39.2 Å². The second-order valence-electron chi connectivity index (χ2n) is 7.84. The molecule has 29 heavy (non-hydrogen) atoms. The number of ether oxygens (including phenoxy) is 2. The number of esters is 1. The Morgan fingerprint density at radius 3 is 2.52 bits per heavy atom. The number of aliphatic hydroxyl groups excluding tert-OH is 1. The van der Waals surface area contributed by atoms with Crippen molar-refractivity contribution in [3.63, 3.8) is 0 Å². The Hall–Kier alpha value is -2.74. The van der Waals surface area contributed by atoms with E-state index >= 15 is 0 Å². The number of imide groups is 1. The zero-order valence-corrected chi connectivity index (χ0v) is 17.2. The Labute approximate surface area is 170 Å². The molecule has 1 aliphatic heterocycles. The SMILES string of the molecule is COC(=O)[C@@H]1C[C@@H](CC=N[C@@H](CO)c2ccccc2)C(=O)N1C(=O)OC(C)(C)C. The van der Waals surface area contributed by atoms with Gasteiger partial charge < -0.3 is 14.6 Å². The summed E-state index contributed by atoms with van der Waals surface area (Å²) < 4.78 is 10.0. The van der Waals surface area contributed by atoms with Crippen LogP contribution in [0.5, 0.6) is 0 Å². The Balaban J connectivity index is 2.12. The van der Waals surface area contributed by atoms with E-state index < -0.39 is 41.6 Å². The number of amides is 2. The maximum Gasteiger partial charge on any atom is 0.417 e. The Kier molecular flexibility index (Phi) is 7.50. The predicted octanol–water partition coefficient (Wildman–Crippen LogP) is 2.51. The molecule has 1 fully saturated rings. The van der Waals surface area contributed by atoms with Gasteiger partial charge in [0.2, 0.25) is 5.91 Å². The summed E-state index contributed by atoms with van der Waals surface area (Å²) in [5, 5.41) is 9.58. The minimum atomic E-state index is -1.02. The summed E-state index contributed by atoms with van der Waals surface area (Å²) in [4.78, 5) is 42.6. The van der Waals surface area contributed by atoms with E-state index in [4.69, 9.17) is 9.47 Å². The molecular weight excluding hydrogens is 376 g/mol. The van der Waals surface area contributed by atoms with Crippen molar-refractivity contribution in [3.8, 4) is 0 Å². The van der Waals surface area contributed by atoms with Crippen LogP contribution in [-0.4, -0.2) is 59.6 Å². The quantitative estimate of drug-likeness (QED) is 0.577. The van der Waals surface area contributed by atoms with Gasteiger partial charge in [-0.25, -0.2) is 14.5 Å². The van der Waals surface area contributed by atoms with Crippen LogP contribution >= 0.6 is 0 Å². The summed E-state index contributed by atoms with van der Waals surface area (Å²) in [6.45, 7) is 4.87. The van der Waals surface area contributed by atoms with Crippen molar-refractivity contribution in [2.45, 2.75) is 51.3 Å².